The van der Waals surface area contributed by atoms with Gasteiger partial charge in [0, 0.05) is 26.1 Å². The van der Waals surface area contributed by atoms with E-state index >= 15 is 0 Å². The first-order chi connectivity index (χ1) is 10.1. The molecule has 0 aromatic heterocycles. The third kappa shape index (κ3) is 4.48. The molecule has 1 aromatic carbocycles. The first-order valence-electron chi connectivity index (χ1n) is 7.28. The third-order valence-corrected chi connectivity index (χ3v) is 3.67. The van der Waals surface area contributed by atoms with Crippen molar-refractivity contribution < 1.29 is 14.3 Å². The van der Waals surface area contributed by atoms with Crippen LogP contribution in [-0.4, -0.2) is 43.0 Å². The van der Waals surface area contributed by atoms with Gasteiger partial charge in [0.2, 0.25) is 11.8 Å². The fraction of sp³-hybridized carbons (Fsp3) is 0.500. The van der Waals surface area contributed by atoms with Gasteiger partial charge in [-0.2, -0.15) is 0 Å². The second-order valence-electron chi connectivity index (χ2n) is 5.44. The Morgan fingerprint density at radius 1 is 1.43 bits per heavy atom. The molecule has 1 aromatic rings. The van der Waals surface area contributed by atoms with E-state index in [4.69, 9.17) is 4.74 Å². The standard InChI is InChI=1S/C16H22N2O3/c1-12-5-3-4-6-14(12)21-10-9-15(19)17-13-7-8-16(20)18(2)11-13/h3-6,13H,7-11H2,1-2H3,(H,17,19). The number of hydrogen-bond acceptors (Lipinski definition) is 3. The molecule has 0 spiro atoms. The summed E-state index contributed by atoms with van der Waals surface area (Å²) >= 11 is 0. The molecular formula is C16H22N2O3. The summed E-state index contributed by atoms with van der Waals surface area (Å²) in [6.07, 6.45) is 1.54. The van der Waals surface area contributed by atoms with E-state index in [1.165, 1.54) is 0 Å². The lowest BCUT2D eigenvalue weighted by atomic mass is 10.1. The van der Waals surface area contributed by atoms with Crippen molar-refractivity contribution in [1.29, 1.82) is 0 Å². The molecule has 5 nitrogen and oxygen atoms in total. The first kappa shape index (κ1) is 15.4. The molecule has 1 aliphatic rings. The van der Waals surface area contributed by atoms with Gasteiger partial charge < -0.3 is 15.0 Å². The van der Waals surface area contributed by atoms with Crippen LogP contribution in [0.5, 0.6) is 5.75 Å². The number of hydrogen-bond donors (Lipinski definition) is 1. The maximum atomic E-state index is 11.9. The molecule has 1 atom stereocenters. The number of para-hydroxylation sites is 1. The number of benzene rings is 1. The Morgan fingerprint density at radius 3 is 2.90 bits per heavy atom. The number of nitrogens with zero attached hydrogens (tertiary/aromatic N) is 1. The number of rotatable bonds is 5. The summed E-state index contributed by atoms with van der Waals surface area (Å²) < 4.78 is 5.61. The van der Waals surface area contributed by atoms with Crippen LogP contribution < -0.4 is 10.1 Å². The monoisotopic (exact) mass is 290 g/mol. The van der Waals surface area contributed by atoms with E-state index in [0.29, 0.717) is 32.4 Å². The van der Waals surface area contributed by atoms with Crippen LogP contribution in [0.4, 0.5) is 0 Å². The maximum Gasteiger partial charge on any atom is 0.223 e. The van der Waals surface area contributed by atoms with Crippen LogP contribution in [0.3, 0.4) is 0 Å². The van der Waals surface area contributed by atoms with Crippen LogP contribution in [0.25, 0.3) is 0 Å². The van der Waals surface area contributed by atoms with Gasteiger partial charge in [0.05, 0.1) is 13.0 Å². The van der Waals surface area contributed by atoms with Gasteiger partial charge in [0.25, 0.3) is 0 Å². The molecule has 0 aliphatic carbocycles. The summed E-state index contributed by atoms with van der Waals surface area (Å²) in [6, 6.07) is 7.80. The van der Waals surface area contributed by atoms with Gasteiger partial charge >= 0.3 is 0 Å². The maximum absolute atomic E-state index is 11.9. The van der Waals surface area contributed by atoms with Crippen molar-refractivity contribution >= 4 is 11.8 Å². The zero-order valence-corrected chi connectivity index (χ0v) is 12.6. The second-order valence-corrected chi connectivity index (χ2v) is 5.44. The largest absolute Gasteiger partial charge is 0.493 e. The molecule has 5 heteroatoms. The van der Waals surface area contributed by atoms with E-state index < -0.39 is 0 Å². The lowest BCUT2D eigenvalue weighted by molar-refractivity contribution is -0.134. The van der Waals surface area contributed by atoms with E-state index in [0.717, 1.165) is 11.3 Å². The smallest absolute Gasteiger partial charge is 0.223 e. The van der Waals surface area contributed by atoms with Gasteiger partial charge in [0.15, 0.2) is 0 Å². The molecule has 0 saturated carbocycles. The Kier molecular flexibility index (Phi) is 5.20. The number of likely N-dealkylation sites (tertiary alicyclic amines) is 1. The van der Waals surface area contributed by atoms with Gasteiger partial charge in [-0.15, -0.1) is 0 Å². The highest BCUT2D eigenvalue weighted by Gasteiger charge is 2.23. The van der Waals surface area contributed by atoms with Crippen LogP contribution in [0.2, 0.25) is 0 Å². The normalized spacial score (nSPS) is 18.5. The van der Waals surface area contributed by atoms with Gasteiger partial charge in [0.1, 0.15) is 5.75 Å². The summed E-state index contributed by atoms with van der Waals surface area (Å²) in [5.74, 6) is 0.924. The number of ether oxygens (including phenoxy) is 1. The van der Waals surface area contributed by atoms with Crippen molar-refractivity contribution in [1.82, 2.24) is 10.2 Å². The van der Waals surface area contributed by atoms with Crippen molar-refractivity contribution in [2.24, 2.45) is 0 Å². The van der Waals surface area contributed by atoms with Gasteiger partial charge in [-0.1, -0.05) is 18.2 Å². The molecule has 21 heavy (non-hydrogen) atoms. The molecule has 0 bridgehead atoms. The molecule has 0 radical (unpaired) electrons. The summed E-state index contributed by atoms with van der Waals surface area (Å²) in [4.78, 5) is 24.9. The highest BCUT2D eigenvalue weighted by atomic mass is 16.5. The van der Waals surface area contributed by atoms with E-state index in [2.05, 4.69) is 5.32 Å². The molecule has 2 rings (SSSR count). The predicted octanol–water partition coefficient (Wildman–Crippen LogP) is 1.50. The minimum Gasteiger partial charge on any atom is -0.493 e. The van der Waals surface area contributed by atoms with E-state index in [-0.39, 0.29) is 17.9 Å². The Bertz CT molecular complexity index is 516. The van der Waals surface area contributed by atoms with Crippen molar-refractivity contribution in [2.75, 3.05) is 20.2 Å². The zero-order chi connectivity index (χ0) is 15.2. The summed E-state index contributed by atoms with van der Waals surface area (Å²) in [5, 5.41) is 2.96. The molecule has 114 valence electrons. The number of carbonyl (C=O) groups excluding carboxylic acids is 2. The number of aryl methyl sites for hydroxylation is 1. The second kappa shape index (κ2) is 7.11. The number of piperidine rings is 1. The fourth-order valence-corrected chi connectivity index (χ4v) is 2.40. The summed E-state index contributed by atoms with van der Waals surface area (Å²) in [6.45, 7) is 2.92. The van der Waals surface area contributed by atoms with Crippen LogP contribution in [0.15, 0.2) is 24.3 Å². The molecule has 2 amide bonds. The van der Waals surface area contributed by atoms with Gasteiger partial charge in [-0.05, 0) is 25.0 Å². The van der Waals surface area contributed by atoms with Crippen LogP contribution >= 0.6 is 0 Å². The summed E-state index contributed by atoms with van der Waals surface area (Å²) in [7, 11) is 1.77. The number of amides is 2. The van der Waals surface area contributed by atoms with Crippen molar-refractivity contribution in [2.45, 2.75) is 32.2 Å². The van der Waals surface area contributed by atoms with Crippen molar-refractivity contribution in [3.8, 4) is 5.75 Å². The average molecular weight is 290 g/mol. The van der Waals surface area contributed by atoms with Crippen LogP contribution in [0, 0.1) is 6.92 Å². The molecule has 1 unspecified atom stereocenters. The number of carbonyl (C=O) groups is 2. The SMILES string of the molecule is Cc1ccccc1OCCC(=O)NC1CCC(=O)N(C)C1. The molecule has 1 fully saturated rings. The number of likely N-dealkylation sites (N-methyl/N-ethyl adjacent to an activating group) is 1. The van der Waals surface area contributed by atoms with Crippen molar-refractivity contribution in [3.63, 3.8) is 0 Å². The predicted molar refractivity (Wildman–Crippen MR) is 80.1 cm³/mol. The minimum absolute atomic E-state index is 0.0312. The van der Waals surface area contributed by atoms with Crippen molar-refractivity contribution in [3.05, 3.63) is 29.8 Å². The number of nitrogens with one attached hydrogen (secondary N) is 1. The van der Waals surface area contributed by atoms with E-state index in [1.54, 1.807) is 11.9 Å². The minimum atomic E-state index is -0.0312. The third-order valence-electron chi connectivity index (χ3n) is 3.67. The van der Waals surface area contributed by atoms with Crippen LogP contribution in [0.1, 0.15) is 24.8 Å². The van der Waals surface area contributed by atoms with E-state index in [1.807, 2.05) is 31.2 Å². The lowest BCUT2D eigenvalue weighted by Gasteiger charge is -2.30. The van der Waals surface area contributed by atoms with Crippen LogP contribution in [-0.2, 0) is 9.59 Å². The Labute approximate surface area is 125 Å². The Morgan fingerprint density at radius 2 is 2.19 bits per heavy atom. The zero-order valence-electron chi connectivity index (χ0n) is 12.6. The molecule has 1 aliphatic heterocycles. The lowest BCUT2D eigenvalue weighted by Crippen LogP contribution is -2.48. The quantitative estimate of drug-likeness (QED) is 0.894. The molecular weight excluding hydrogens is 268 g/mol. The highest BCUT2D eigenvalue weighted by molar-refractivity contribution is 5.79. The van der Waals surface area contributed by atoms with E-state index in [9.17, 15) is 9.59 Å². The van der Waals surface area contributed by atoms with Gasteiger partial charge in [-0.25, -0.2) is 0 Å². The Balaban J connectivity index is 1.71. The molecule has 1 saturated heterocycles. The summed E-state index contributed by atoms with van der Waals surface area (Å²) in [5.41, 5.74) is 1.06. The highest BCUT2D eigenvalue weighted by Crippen LogP contribution is 2.16. The topological polar surface area (TPSA) is 58.6 Å². The molecule has 1 heterocycles. The van der Waals surface area contributed by atoms with Gasteiger partial charge in [-0.3, -0.25) is 9.59 Å². The Hall–Kier alpha value is -2.04. The fourth-order valence-electron chi connectivity index (χ4n) is 2.40. The molecule has 1 N–H and O–H groups in total. The average Bonchev–Trinajstić information content (AvgIpc) is 2.45. The first-order valence-corrected chi connectivity index (χ1v) is 7.28.